The van der Waals surface area contributed by atoms with Crippen molar-refractivity contribution in [1.29, 1.82) is 0 Å². The molecule has 0 saturated heterocycles. The highest BCUT2D eigenvalue weighted by atomic mass is 16.5. The Morgan fingerprint density at radius 1 is 0.559 bits per heavy atom. The van der Waals surface area contributed by atoms with E-state index in [4.69, 9.17) is 9.47 Å². The second kappa shape index (κ2) is 11.2. The smallest absolute Gasteiger partial charge is 0.149 e. The lowest BCUT2D eigenvalue weighted by atomic mass is 10.0. The molecule has 0 fully saturated rings. The number of benzene rings is 4. The van der Waals surface area contributed by atoms with Crippen LogP contribution in [-0.4, -0.2) is 13.2 Å². The van der Waals surface area contributed by atoms with Crippen molar-refractivity contribution in [2.45, 2.75) is 13.8 Å². The van der Waals surface area contributed by atoms with Crippen LogP contribution in [0.1, 0.15) is 25.0 Å². The first-order valence-electron chi connectivity index (χ1n) is 10.9. The number of hydrogen-bond acceptors (Lipinski definition) is 2. The lowest BCUT2D eigenvalue weighted by molar-refractivity contribution is 0.369. The third-order valence-corrected chi connectivity index (χ3v) is 5.17. The van der Waals surface area contributed by atoms with Gasteiger partial charge in [-0.2, -0.15) is 0 Å². The number of hydrogen-bond donors (Lipinski definition) is 0. The van der Waals surface area contributed by atoms with Gasteiger partial charge in [-0.3, -0.25) is 0 Å². The Balaban J connectivity index is 1.76. The summed E-state index contributed by atoms with van der Waals surface area (Å²) >= 11 is 0. The van der Waals surface area contributed by atoms with E-state index in [1.807, 2.05) is 60.7 Å². The molecule has 0 N–H and O–H groups in total. The van der Waals surface area contributed by atoms with Crippen LogP contribution in [0.5, 0.6) is 11.5 Å². The van der Waals surface area contributed by atoms with Gasteiger partial charge in [-0.1, -0.05) is 72.5 Å². The fourth-order valence-electron chi connectivity index (χ4n) is 3.56. The Bertz CT molecular complexity index is 1470. The van der Waals surface area contributed by atoms with Gasteiger partial charge in [0.05, 0.1) is 11.1 Å². The Labute approximate surface area is 200 Å². The van der Waals surface area contributed by atoms with Crippen LogP contribution in [0.2, 0.25) is 0 Å². The summed E-state index contributed by atoms with van der Waals surface area (Å²) in [4.78, 5) is 0. The summed E-state index contributed by atoms with van der Waals surface area (Å²) in [6.45, 7) is 4.21. The lowest BCUT2D eigenvalue weighted by Gasteiger charge is -2.08. The van der Waals surface area contributed by atoms with E-state index >= 15 is 0 Å². The van der Waals surface area contributed by atoms with Crippen LogP contribution in [0.25, 0.3) is 21.5 Å². The summed E-state index contributed by atoms with van der Waals surface area (Å²) in [5.74, 6) is 25.4. The predicted octanol–water partition coefficient (Wildman–Crippen LogP) is 6.20. The van der Waals surface area contributed by atoms with Crippen molar-refractivity contribution < 1.29 is 9.47 Å². The van der Waals surface area contributed by atoms with Gasteiger partial charge in [0.15, 0.2) is 0 Å². The SMILES string of the molecule is CC#CCOc1ccc2ccccc2c1C#CC#Cc1c(OCC#CC)ccc2ccccc12. The molecule has 0 bridgehead atoms. The Hall–Kier alpha value is -4.76. The monoisotopic (exact) mass is 438 g/mol. The minimum Gasteiger partial charge on any atom is -0.480 e. The zero-order chi connectivity index (χ0) is 23.6. The van der Waals surface area contributed by atoms with Crippen LogP contribution in [-0.2, 0) is 0 Å². The van der Waals surface area contributed by atoms with Gasteiger partial charge < -0.3 is 9.47 Å². The molecule has 2 nitrogen and oxygen atoms in total. The van der Waals surface area contributed by atoms with Crippen LogP contribution >= 0.6 is 0 Å². The molecule has 0 aliphatic carbocycles. The number of ether oxygens (including phenoxy) is 2. The van der Waals surface area contributed by atoms with Crippen molar-refractivity contribution >= 4 is 21.5 Å². The van der Waals surface area contributed by atoms with E-state index in [1.165, 1.54) is 0 Å². The minimum atomic E-state index is 0.312. The molecule has 0 radical (unpaired) electrons. The molecule has 4 aromatic rings. The van der Waals surface area contributed by atoms with Gasteiger partial charge in [-0.05, 0) is 60.4 Å². The van der Waals surface area contributed by atoms with Crippen molar-refractivity contribution in [3.8, 4) is 58.9 Å². The van der Waals surface area contributed by atoms with Gasteiger partial charge in [0.2, 0.25) is 0 Å². The van der Waals surface area contributed by atoms with E-state index in [0.717, 1.165) is 32.7 Å². The molecule has 0 atom stereocenters. The van der Waals surface area contributed by atoms with E-state index in [2.05, 4.69) is 59.5 Å². The van der Waals surface area contributed by atoms with Gasteiger partial charge in [-0.25, -0.2) is 0 Å². The fourth-order valence-corrected chi connectivity index (χ4v) is 3.56. The second-order valence-electron chi connectivity index (χ2n) is 7.25. The van der Waals surface area contributed by atoms with Crippen molar-refractivity contribution in [2.75, 3.05) is 13.2 Å². The van der Waals surface area contributed by atoms with E-state index in [9.17, 15) is 0 Å². The highest BCUT2D eigenvalue weighted by molar-refractivity contribution is 5.92. The van der Waals surface area contributed by atoms with Crippen LogP contribution in [0.15, 0.2) is 72.8 Å². The molecule has 0 heterocycles. The third kappa shape index (κ3) is 5.17. The first kappa shape index (κ1) is 22.4. The summed E-state index contributed by atoms with van der Waals surface area (Å²) in [5.41, 5.74) is 1.61. The summed E-state index contributed by atoms with van der Waals surface area (Å²) in [6.07, 6.45) is 0. The average molecular weight is 439 g/mol. The van der Waals surface area contributed by atoms with Gasteiger partial charge in [-0.15, -0.1) is 11.8 Å². The molecule has 4 rings (SSSR count). The maximum absolute atomic E-state index is 5.88. The Morgan fingerprint density at radius 2 is 1.00 bits per heavy atom. The van der Waals surface area contributed by atoms with Gasteiger partial charge in [0, 0.05) is 10.8 Å². The first-order valence-corrected chi connectivity index (χ1v) is 10.9. The topological polar surface area (TPSA) is 18.5 Å². The summed E-state index contributed by atoms with van der Waals surface area (Å²) in [5, 5.41) is 4.23. The fraction of sp³-hybridized carbons (Fsp3) is 0.125. The average Bonchev–Trinajstić information content (AvgIpc) is 2.88. The highest BCUT2D eigenvalue weighted by Gasteiger charge is 2.07. The highest BCUT2D eigenvalue weighted by Crippen LogP contribution is 2.28. The lowest BCUT2D eigenvalue weighted by Crippen LogP contribution is -1.97. The standard InChI is InChI=1S/C32H22O2/c1-3-5-23-33-31-21-19-25-13-7-9-15-27(25)29(31)17-11-12-18-30-28-16-10-8-14-26(28)20-22-32(30)34-24-6-4-2/h7-10,13-16,19-22H,23-24H2,1-2H3. The normalized spacial score (nSPS) is 9.35. The van der Waals surface area contributed by atoms with Crippen LogP contribution < -0.4 is 9.47 Å². The summed E-state index contributed by atoms with van der Waals surface area (Å²) in [7, 11) is 0. The third-order valence-electron chi connectivity index (χ3n) is 5.17. The molecule has 0 spiro atoms. The molecule has 0 saturated carbocycles. The van der Waals surface area contributed by atoms with Crippen LogP contribution in [0.4, 0.5) is 0 Å². The second-order valence-corrected chi connectivity index (χ2v) is 7.25. The molecule has 0 amide bonds. The van der Waals surface area contributed by atoms with Crippen molar-refractivity contribution in [3.63, 3.8) is 0 Å². The van der Waals surface area contributed by atoms with E-state index in [1.54, 1.807) is 13.8 Å². The largest absolute Gasteiger partial charge is 0.480 e. The van der Waals surface area contributed by atoms with Crippen molar-refractivity contribution in [3.05, 3.63) is 83.9 Å². The van der Waals surface area contributed by atoms with Crippen LogP contribution in [0, 0.1) is 47.4 Å². The van der Waals surface area contributed by atoms with Gasteiger partial charge in [0.25, 0.3) is 0 Å². The quantitative estimate of drug-likeness (QED) is 0.353. The molecular formula is C32H22O2. The van der Waals surface area contributed by atoms with Crippen molar-refractivity contribution in [1.82, 2.24) is 0 Å². The predicted molar refractivity (Wildman–Crippen MR) is 140 cm³/mol. The van der Waals surface area contributed by atoms with E-state index in [-0.39, 0.29) is 0 Å². The first-order chi connectivity index (χ1) is 16.8. The van der Waals surface area contributed by atoms with E-state index in [0.29, 0.717) is 24.7 Å². The molecule has 4 aromatic carbocycles. The minimum absolute atomic E-state index is 0.312. The van der Waals surface area contributed by atoms with Gasteiger partial charge >= 0.3 is 0 Å². The molecule has 0 aromatic heterocycles. The molecule has 2 heteroatoms. The summed E-state index contributed by atoms with van der Waals surface area (Å²) in [6, 6.07) is 24.1. The zero-order valence-electron chi connectivity index (χ0n) is 19.2. The van der Waals surface area contributed by atoms with Crippen LogP contribution in [0.3, 0.4) is 0 Å². The summed E-state index contributed by atoms with van der Waals surface area (Å²) < 4.78 is 11.8. The molecule has 0 aliphatic rings. The Morgan fingerprint density at radius 3 is 1.44 bits per heavy atom. The maximum atomic E-state index is 5.88. The number of rotatable bonds is 4. The zero-order valence-corrected chi connectivity index (χ0v) is 19.2. The molecular weight excluding hydrogens is 416 g/mol. The van der Waals surface area contributed by atoms with E-state index < -0.39 is 0 Å². The number of fused-ring (bicyclic) bond motifs is 2. The molecule has 162 valence electrons. The molecule has 34 heavy (non-hydrogen) atoms. The van der Waals surface area contributed by atoms with Gasteiger partial charge in [0.1, 0.15) is 24.7 Å². The van der Waals surface area contributed by atoms with Crippen molar-refractivity contribution in [2.24, 2.45) is 0 Å². The molecule has 0 aliphatic heterocycles. The Kier molecular flexibility index (Phi) is 7.40. The molecule has 0 unspecified atom stereocenters. The maximum Gasteiger partial charge on any atom is 0.149 e.